The molecule has 0 heterocycles. The first kappa shape index (κ1) is 14.6. The fourth-order valence-corrected chi connectivity index (χ4v) is 1.99. The van der Waals surface area contributed by atoms with Crippen molar-refractivity contribution in [1.29, 1.82) is 0 Å². The second kappa shape index (κ2) is 7.08. The van der Waals surface area contributed by atoms with Gasteiger partial charge < -0.3 is 14.6 Å². The lowest BCUT2D eigenvalue weighted by molar-refractivity contribution is 0.134. The summed E-state index contributed by atoms with van der Waals surface area (Å²) in [5.74, 6) is 0.785. The number of methoxy groups -OCH3 is 1. The van der Waals surface area contributed by atoms with Crippen LogP contribution in [0.15, 0.2) is 48.5 Å². The maximum atomic E-state index is 10.4. The Bertz CT molecular complexity index is 517. The van der Waals surface area contributed by atoms with Crippen LogP contribution in [0.1, 0.15) is 29.7 Å². The van der Waals surface area contributed by atoms with E-state index in [0.29, 0.717) is 13.2 Å². The molecule has 0 radical (unpaired) electrons. The lowest BCUT2D eigenvalue weighted by Gasteiger charge is -2.12. The summed E-state index contributed by atoms with van der Waals surface area (Å²) < 4.78 is 10.5. The molecule has 0 bridgehead atoms. The van der Waals surface area contributed by atoms with Gasteiger partial charge in [0.1, 0.15) is 11.9 Å². The van der Waals surface area contributed by atoms with Crippen LogP contribution < -0.4 is 4.74 Å². The summed E-state index contributed by atoms with van der Waals surface area (Å²) in [7, 11) is 1.63. The Kier molecular flexibility index (Phi) is 5.16. The van der Waals surface area contributed by atoms with Gasteiger partial charge in [-0.15, -0.1) is 0 Å². The van der Waals surface area contributed by atoms with Crippen LogP contribution in [0.5, 0.6) is 5.75 Å². The molecule has 2 aromatic rings. The maximum absolute atomic E-state index is 10.4. The summed E-state index contributed by atoms with van der Waals surface area (Å²) in [5, 5.41) is 10.4. The zero-order valence-electron chi connectivity index (χ0n) is 11.9. The normalized spacial score (nSPS) is 12.2. The molecule has 0 aliphatic heterocycles. The highest BCUT2D eigenvalue weighted by molar-refractivity contribution is 5.35. The van der Waals surface area contributed by atoms with Crippen molar-refractivity contribution < 1.29 is 14.6 Å². The van der Waals surface area contributed by atoms with Crippen molar-refractivity contribution in [2.24, 2.45) is 0 Å². The fraction of sp³-hybridized carbons (Fsp3) is 0.294. The Labute approximate surface area is 119 Å². The minimum absolute atomic E-state index is 0.607. The number of ether oxygens (including phenoxy) is 2. The Hall–Kier alpha value is -1.84. The van der Waals surface area contributed by atoms with Gasteiger partial charge >= 0.3 is 0 Å². The zero-order valence-corrected chi connectivity index (χ0v) is 11.9. The molecule has 0 saturated carbocycles. The fourth-order valence-electron chi connectivity index (χ4n) is 1.99. The van der Waals surface area contributed by atoms with Gasteiger partial charge in [0.05, 0.1) is 13.7 Å². The zero-order chi connectivity index (χ0) is 14.4. The van der Waals surface area contributed by atoms with E-state index >= 15 is 0 Å². The van der Waals surface area contributed by atoms with Crippen LogP contribution in [0, 0.1) is 0 Å². The molecule has 1 atom stereocenters. The Morgan fingerprint density at radius 1 is 0.950 bits per heavy atom. The molecule has 2 aromatic carbocycles. The van der Waals surface area contributed by atoms with Crippen LogP contribution in [-0.2, 0) is 11.3 Å². The monoisotopic (exact) mass is 272 g/mol. The van der Waals surface area contributed by atoms with Crippen LogP contribution in [0.25, 0.3) is 0 Å². The third-order valence-corrected chi connectivity index (χ3v) is 3.20. The van der Waals surface area contributed by atoms with Crippen molar-refractivity contribution in [3.05, 3.63) is 65.2 Å². The van der Waals surface area contributed by atoms with E-state index in [-0.39, 0.29) is 0 Å². The highest BCUT2D eigenvalue weighted by atomic mass is 16.5. The third-order valence-electron chi connectivity index (χ3n) is 3.20. The molecule has 0 aromatic heterocycles. The van der Waals surface area contributed by atoms with Gasteiger partial charge in [0, 0.05) is 6.61 Å². The van der Waals surface area contributed by atoms with Gasteiger partial charge in [-0.25, -0.2) is 0 Å². The molecule has 0 aliphatic rings. The predicted molar refractivity (Wildman–Crippen MR) is 78.8 cm³/mol. The van der Waals surface area contributed by atoms with Crippen LogP contribution in [0.3, 0.4) is 0 Å². The molecule has 3 heteroatoms. The summed E-state index contributed by atoms with van der Waals surface area (Å²) >= 11 is 0. The molecular weight excluding hydrogens is 252 g/mol. The van der Waals surface area contributed by atoms with Crippen molar-refractivity contribution in [1.82, 2.24) is 0 Å². The summed E-state index contributed by atoms with van der Waals surface area (Å²) in [5.41, 5.74) is 2.83. The van der Waals surface area contributed by atoms with Crippen molar-refractivity contribution in [2.75, 3.05) is 13.7 Å². The van der Waals surface area contributed by atoms with Gasteiger partial charge in [-0.05, 0) is 35.7 Å². The molecule has 106 valence electrons. The number of aliphatic hydroxyl groups excluding tert-OH is 1. The van der Waals surface area contributed by atoms with Gasteiger partial charge in [-0.1, -0.05) is 36.4 Å². The molecule has 20 heavy (non-hydrogen) atoms. The number of hydrogen-bond acceptors (Lipinski definition) is 3. The standard InChI is InChI=1S/C17H20O3/c1-3-20-12-13-4-6-14(7-5-13)17(18)15-8-10-16(19-2)11-9-15/h4-11,17-18H,3,12H2,1-2H3. The van der Waals surface area contributed by atoms with E-state index in [0.717, 1.165) is 22.4 Å². The molecular formula is C17H20O3. The van der Waals surface area contributed by atoms with Crippen LogP contribution in [-0.4, -0.2) is 18.8 Å². The Morgan fingerprint density at radius 2 is 1.50 bits per heavy atom. The Balaban J connectivity index is 2.09. The molecule has 0 spiro atoms. The first-order chi connectivity index (χ1) is 9.74. The molecule has 0 amide bonds. The highest BCUT2D eigenvalue weighted by Gasteiger charge is 2.10. The van der Waals surface area contributed by atoms with E-state index in [1.54, 1.807) is 7.11 Å². The summed E-state index contributed by atoms with van der Waals surface area (Å²) in [4.78, 5) is 0. The van der Waals surface area contributed by atoms with Crippen LogP contribution >= 0.6 is 0 Å². The predicted octanol–water partition coefficient (Wildman–Crippen LogP) is 3.31. The second-order valence-corrected chi connectivity index (χ2v) is 4.55. The maximum Gasteiger partial charge on any atom is 0.118 e. The SMILES string of the molecule is CCOCc1ccc(C(O)c2ccc(OC)cc2)cc1. The quantitative estimate of drug-likeness (QED) is 0.876. The third kappa shape index (κ3) is 3.59. The highest BCUT2D eigenvalue weighted by Crippen LogP contribution is 2.24. The molecule has 1 N–H and O–H groups in total. The first-order valence-corrected chi connectivity index (χ1v) is 6.73. The van der Waals surface area contributed by atoms with E-state index in [1.807, 2.05) is 55.5 Å². The van der Waals surface area contributed by atoms with Crippen molar-refractivity contribution in [2.45, 2.75) is 19.6 Å². The van der Waals surface area contributed by atoms with Crippen molar-refractivity contribution in [3.8, 4) is 5.75 Å². The molecule has 2 rings (SSSR count). The van der Waals surface area contributed by atoms with Gasteiger partial charge in [0.2, 0.25) is 0 Å². The topological polar surface area (TPSA) is 38.7 Å². The number of aliphatic hydroxyl groups is 1. The van der Waals surface area contributed by atoms with Gasteiger partial charge in [0.15, 0.2) is 0 Å². The lowest BCUT2D eigenvalue weighted by Crippen LogP contribution is -2.00. The lowest BCUT2D eigenvalue weighted by atomic mass is 10.0. The number of benzene rings is 2. The smallest absolute Gasteiger partial charge is 0.118 e. The van der Waals surface area contributed by atoms with Crippen molar-refractivity contribution >= 4 is 0 Å². The summed E-state index contributed by atoms with van der Waals surface area (Å²) in [6, 6.07) is 15.3. The summed E-state index contributed by atoms with van der Waals surface area (Å²) in [6.45, 7) is 3.29. The minimum Gasteiger partial charge on any atom is -0.497 e. The summed E-state index contributed by atoms with van der Waals surface area (Å²) in [6.07, 6.45) is -0.623. The van der Waals surface area contributed by atoms with E-state index in [9.17, 15) is 5.11 Å². The van der Waals surface area contributed by atoms with Crippen molar-refractivity contribution in [3.63, 3.8) is 0 Å². The largest absolute Gasteiger partial charge is 0.497 e. The van der Waals surface area contributed by atoms with Crippen LogP contribution in [0.4, 0.5) is 0 Å². The van der Waals surface area contributed by atoms with Crippen LogP contribution in [0.2, 0.25) is 0 Å². The number of hydrogen-bond donors (Lipinski definition) is 1. The Morgan fingerprint density at radius 3 is 2.00 bits per heavy atom. The molecule has 3 nitrogen and oxygen atoms in total. The second-order valence-electron chi connectivity index (χ2n) is 4.55. The minimum atomic E-state index is -0.623. The van der Waals surface area contributed by atoms with E-state index in [1.165, 1.54) is 0 Å². The molecule has 0 fully saturated rings. The number of rotatable bonds is 6. The average molecular weight is 272 g/mol. The molecule has 1 unspecified atom stereocenters. The van der Waals surface area contributed by atoms with E-state index in [4.69, 9.17) is 9.47 Å². The molecule has 0 saturated heterocycles. The van der Waals surface area contributed by atoms with E-state index < -0.39 is 6.10 Å². The van der Waals surface area contributed by atoms with Gasteiger partial charge in [-0.3, -0.25) is 0 Å². The average Bonchev–Trinajstić information content (AvgIpc) is 2.53. The first-order valence-electron chi connectivity index (χ1n) is 6.73. The van der Waals surface area contributed by atoms with E-state index in [2.05, 4.69) is 0 Å². The van der Waals surface area contributed by atoms with Gasteiger partial charge in [0.25, 0.3) is 0 Å². The molecule has 0 aliphatic carbocycles. The van der Waals surface area contributed by atoms with Gasteiger partial charge in [-0.2, -0.15) is 0 Å².